The van der Waals surface area contributed by atoms with Crippen LogP contribution >= 0.6 is 11.3 Å². The Bertz CT molecular complexity index is 1030. The summed E-state index contributed by atoms with van der Waals surface area (Å²) in [6, 6.07) is 2.61. The van der Waals surface area contributed by atoms with Crippen molar-refractivity contribution in [2.75, 3.05) is 24.5 Å². The second-order valence-corrected chi connectivity index (χ2v) is 8.95. The third-order valence-corrected chi connectivity index (χ3v) is 6.64. The van der Waals surface area contributed by atoms with Gasteiger partial charge in [0.25, 0.3) is 6.43 Å². The summed E-state index contributed by atoms with van der Waals surface area (Å²) in [4.78, 5) is 2.33. The van der Waals surface area contributed by atoms with Gasteiger partial charge in [-0.25, -0.2) is 8.78 Å². The van der Waals surface area contributed by atoms with Crippen molar-refractivity contribution in [1.82, 2.24) is 30.1 Å². The summed E-state index contributed by atoms with van der Waals surface area (Å²) in [6.45, 7) is 7.09. The van der Waals surface area contributed by atoms with Gasteiger partial charge < -0.3 is 10.2 Å². The Labute approximate surface area is 164 Å². The fraction of sp³-hybridized carbons (Fsp3) is 0.556. The van der Waals surface area contributed by atoms with E-state index in [-0.39, 0.29) is 10.4 Å². The molecule has 1 aliphatic carbocycles. The van der Waals surface area contributed by atoms with Gasteiger partial charge in [-0.15, -0.1) is 20.4 Å². The molecule has 1 unspecified atom stereocenters. The maximum absolute atomic E-state index is 13.0. The standard InChI is InChI=1S/C18H21F2N7S/c1-10-8-26(6-5-21-10)12-7-11(18(2)3-4-18)9-27-14(12)22-23-15(27)17-25-24-16(28-17)13(19)20/h7,9-10,13,21H,3-6,8H2,1-2H3. The molecule has 1 N–H and O–H groups in total. The molecule has 2 aliphatic rings. The molecule has 1 saturated heterocycles. The quantitative estimate of drug-likeness (QED) is 0.720. The number of nitrogens with one attached hydrogen (secondary N) is 1. The van der Waals surface area contributed by atoms with Gasteiger partial charge >= 0.3 is 0 Å². The minimum Gasteiger partial charge on any atom is -0.366 e. The molecule has 7 nitrogen and oxygen atoms in total. The zero-order chi connectivity index (χ0) is 19.5. The second kappa shape index (κ2) is 6.41. The van der Waals surface area contributed by atoms with E-state index in [0.717, 1.165) is 55.1 Å². The van der Waals surface area contributed by atoms with Crippen molar-refractivity contribution < 1.29 is 8.78 Å². The number of aromatic nitrogens is 5. The average Bonchev–Trinajstić information content (AvgIpc) is 3.09. The number of fused-ring (bicyclic) bond motifs is 1. The molecule has 28 heavy (non-hydrogen) atoms. The zero-order valence-corrected chi connectivity index (χ0v) is 16.5. The number of nitrogens with zero attached hydrogens (tertiary/aromatic N) is 6. The molecule has 0 bridgehead atoms. The van der Waals surface area contributed by atoms with E-state index in [9.17, 15) is 8.78 Å². The topological polar surface area (TPSA) is 71.2 Å². The molecular formula is C18H21F2N7S. The Kier molecular flexibility index (Phi) is 4.09. The second-order valence-electron chi connectivity index (χ2n) is 7.94. The minimum atomic E-state index is -2.63. The Morgan fingerprint density at radius 2 is 2.07 bits per heavy atom. The van der Waals surface area contributed by atoms with Crippen LogP contribution in [0.2, 0.25) is 0 Å². The molecule has 1 atom stereocenters. The Balaban J connectivity index is 1.66. The summed E-state index contributed by atoms with van der Waals surface area (Å²) >= 11 is 0.865. The van der Waals surface area contributed by atoms with E-state index in [2.05, 4.69) is 50.5 Å². The van der Waals surface area contributed by atoms with Crippen molar-refractivity contribution in [3.63, 3.8) is 0 Å². The van der Waals surface area contributed by atoms with Crippen LogP contribution in [0.5, 0.6) is 0 Å². The highest BCUT2D eigenvalue weighted by Crippen LogP contribution is 2.48. The van der Waals surface area contributed by atoms with Crippen molar-refractivity contribution in [1.29, 1.82) is 0 Å². The van der Waals surface area contributed by atoms with E-state index in [1.165, 1.54) is 5.56 Å². The third-order valence-electron chi connectivity index (χ3n) is 5.71. The summed E-state index contributed by atoms with van der Waals surface area (Å²) in [5, 5.41) is 19.7. The summed E-state index contributed by atoms with van der Waals surface area (Å²) in [7, 11) is 0. The molecule has 5 rings (SSSR count). The molecule has 0 radical (unpaired) electrons. The number of alkyl halides is 2. The highest BCUT2D eigenvalue weighted by Gasteiger charge is 2.40. The van der Waals surface area contributed by atoms with Gasteiger partial charge in [-0.05, 0) is 36.8 Å². The predicted molar refractivity (Wildman–Crippen MR) is 103 cm³/mol. The maximum atomic E-state index is 13.0. The molecule has 2 fully saturated rings. The molecule has 0 amide bonds. The number of anilines is 1. The lowest BCUT2D eigenvalue weighted by molar-refractivity contribution is 0.150. The van der Waals surface area contributed by atoms with Crippen molar-refractivity contribution in [2.24, 2.45) is 0 Å². The van der Waals surface area contributed by atoms with Gasteiger partial charge in [0.2, 0.25) is 0 Å². The summed E-state index contributed by atoms with van der Waals surface area (Å²) in [6.07, 6.45) is 1.68. The lowest BCUT2D eigenvalue weighted by Crippen LogP contribution is -2.49. The largest absolute Gasteiger partial charge is 0.366 e. The summed E-state index contributed by atoms with van der Waals surface area (Å²) in [5.41, 5.74) is 3.14. The van der Waals surface area contributed by atoms with Crippen LogP contribution in [0.4, 0.5) is 14.5 Å². The number of halogens is 2. The number of rotatable bonds is 4. The van der Waals surface area contributed by atoms with E-state index < -0.39 is 6.43 Å². The van der Waals surface area contributed by atoms with Gasteiger partial charge in [0.1, 0.15) is 0 Å². The fourth-order valence-electron chi connectivity index (χ4n) is 3.73. The van der Waals surface area contributed by atoms with E-state index in [4.69, 9.17) is 0 Å². The Morgan fingerprint density at radius 1 is 1.25 bits per heavy atom. The van der Waals surface area contributed by atoms with Gasteiger partial charge in [0.15, 0.2) is 21.5 Å². The normalized spacial score (nSPS) is 21.6. The monoisotopic (exact) mass is 405 g/mol. The Morgan fingerprint density at radius 3 is 2.75 bits per heavy atom. The molecule has 1 aliphatic heterocycles. The van der Waals surface area contributed by atoms with Crippen LogP contribution in [0.1, 0.15) is 43.7 Å². The van der Waals surface area contributed by atoms with E-state index in [1.807, 2.05) is 10.6 Å². The van der Waals surface area contributed by atoms with Gasteiger partial charge in [-0.3, -0.25) is 4.40 Å². The molecule has 10 heteroatoms. The maximum Gasteiger partial charge on any atom is 0.291 e. The molecule has 0 spiro atoms. The summed E-state index contributed by atoms with van der Waals surface area (Å²) < 4.78 is 27.8. The molecule has 0 aromatic carbocycles. The fourth-order valence-corrected chi connectivity index (χ4v) is 4.41. The van der Waals surface area contributed by atoms with Crippen molar-refractivity contribution >= 4 is 22.7 Å². The molecule has 3 aromatic rings. The Hall–Kier alpha value is -2.20. The van der Waals surface area contributed by atoms with Crippen LogP contribution < -0.4 is 10.2 Å². The van der Waals surface area contributed by atoms with Gasteiger partial charge in [-0.2, -0.15) is 0 Å². The van der Waals surface area contributed by atoms with Crippen LogP contribution in [0.15, 0.2) is 12.3 Å². The van der Waals surface area contributed by atoms with E-state index >= 15 is 0 Å². The van der Waals surface area contributed by atoms with Crippen LogP contribution in [-0.4, -0.2) is 50.5 Å². The highest BCUT2D eigenvalue weighted by molar-refractivity contribution is 7.14. The first kappa shape index (κ1) is 17.9. The minimum absolute atomic E-state index is 0.152. The van der Waals surface area contributed by atoms with Gasteiger partial charge in [0, 0.05) is 31.9 Å². The van der Waals surface area contributed by atoms with Crippen LogP contribution in [0.25, 0.3) is 16.5 Å². The lowest BCUT2D eigenvalue weighted by atomic mass is 9.99. The molecule has 1 saturated carbocycles. The van der Waals surface area contributed by atoms with Crippen molar-refractivity contribution in [3.05, 3.63) is 22.8 Å². The molecule has 148 valence electrons. The van der Waals surface area contributed by atoms with Gasteiger partial charge in [0.05, 0.1) is 5.69 Å². The van der Waals surface area contributed by atoms with Crippen LogP contribution in [-0.2, 0) is 5.41 Å². The lowest BCUT2D eigenvalue weighted by Gasteiger charge is -2.34. The van der Waals surface area contributed by atoms with E-state index in [1.54, 1.807) is 0 Å². The van der Waals surface area contributed by atoms with Crippen molar-refractivity contribution in [2.45, 2.75) is 44.6 Å². The average molecular weight is 405 g/mol. The number of hydrogen-bond donors (Lipinski definition) is 1. The molecular weight excluding hydrogens is 384 g/mol. The van der Waals surface area contributed by atoms with E-state index in [0.29, 0.717) is 16.9 Å². The SMILES string of the molecule is CC1CN(c2cc(C3(C)CC3)cn3c(-c4nnc(C(F)F)s4)nnc23)CCN1. The van der Waals surface area contributed by atoms with Crippen LogP contribution in [0.3, 0.4) is 0 Å². The zero-order valence-electron chi connectivity index (χ0n) is 15.7. The predicted octanol–water partition coefficient (Wildman–Crippen LogP) is 3.04. The van der Waals surface area contributed by atoms with Crippen molar-refractivity contribution in [3.8, 4) is 10.8 Å². The first-order chi connectivity index (χ1) is 13.4. The smallest absolute Gasteiger partial charge is 0.291 e. The van der Waals surface area contributed by atoms with Crippen LogP contribution in [0, 0.1) is 0 Å². The highest BCUT2D eigenvalue weighted by atomic mass is 32.1. The number of pyridine rings is 1. The first-order valence-corrected chi connectivity index (χ1v) is 10.3. The summed E-state index contributed by atoms with van der Waals surface area (Å²) in [5.74, 6) is 0.468. The van der Waals surface area contributed by atoms with Gasteiger partial charge in [-0.1, -0.05) is 18.3 Å². The first-order valence-electron chi connectivity index (χ1n) is 9.44. The number of piperazine rings is 1. The molecule has 4 heterocycles. The molecule has 3 aromatic heterocycles. The third kappa shape index (κ3) is 2.95. The number of hydrogen-bond acceptors (Lipinski definition) is 7.